The standard InChI is InChI=1S/C8H14ClNO2S/c1-7(6-13(9,11)12)8-4-2-3-5-10-8/h8,10H,1-6H2. The van der Waals surface area contributed by atoms with Gasteiger partial charge in [0.1, 0.15) is 0 Å². The fourth-order valence-corrected chi connectivity index (χ4v) is 2.59. The lowest BCUT2D eigenvalue weighted by atomic mass is 10.00. The fraction of sp³-hybridized carbons (Fsp3) is 0.750. The van der Waals surface area contributed by atoms with Crippen LogP contribution < -0.4 is 5.32 Å². The Labute approximate surface area is 83.6 Å². The monoisotopic (exact) mass is 223 g/mol. The normalized spacial score (nSPS) is 24.2. The molecule has 0 saturated carbocycles. The van der Waals surface area contributed by atoms with Crippen LogP contribution in [0.15, 0.2) is 12.2 Å². The second-order valence-electron chi connectivity index (χ2n) is 3.34. The quantitative estimate of drug-likeness (QED) is 0.579. The largest absolute Gasteiger partial charge is 0.310 e. The molecular formula is C8H14ClNO2S. The maximum Gasteiger partial charge on any atom is 0.236 e. The Hall–Kier alpha value is -0.0600. The third-order valence-electron chi connectivity index (χ3n) is 2.16. The Morgan fingerprint density at radius 3 is 2.69 bits per heavy atom. The molecular weight excluding hydrogens is 210 g/mol. The van der Waals surface area contributed by atoms with Crippen molar-refractivity contribution in [1.29, 1.82) is 0 Å². The van der Waals surface area contributed by atoms with Crippen LogP contribution in [0.5, 0.6) is 0 Å². The molecule has 0 aromatic heterocycles. The van der Waals surface area contributed by atoms with Crippen LogP contribution in [0, 0.1) is 0 Å². The first-order valence-electron chi connectivity index (χ1n) is 4.32. The number of hydrogen-bond acceptors (Lipinski definition) is 3. The van der Waals surface area contributed by atoms with Gasteiger partial charge in [0.05, 0.1) is 5.75 Å². The van der Waals surface area contributed by atoms with E-state index in [1.807, 2.05) is 0 Å². The smallest absolute Gasteiger partial charge is 0.236 e. The minimum absolute atomic E-state index is 0.119. The van der Waals surface area contributed by atoms with Crippen LogP contribution in [0.25, 0.3) is 0 Å². The molecule has 1 N–H and O–H groups in total. The fourth-order valence-electron chi connectivity index (χ4n) is 1.52. The zero-order valence-electron chi connectivity index (χ0n) is 7.42. The molecule has 76 valence electrons. The topological polar surface area (TPSA) is 46.2 Å². The van der Waals surface area contributed by atoms with E-state index < -0.39 is 9.05 Å². The summed E-state index contributed by atoms with van der Waals surface area (Å²) in [6.07, 6.45) is 3.24. The molecule has 1 aliphatic rings. The predicted octanol–water partition coefficient (Wildman–Crippen LogP) is 1.25. The summed E-state index contributed by atoms with van der Waals surface area (Å²) in [5, 5.41) is 3.22. The number of hydrogen-bond donors (Lipinski definition) is 1. The third kappa shape index (κ3) is 4.11. The minimum Gasteiger partial charge on any atom is -0.310 e. The van der Waals surface area contributed by atoms with Crippen molar-refractivity contribution in [2.24, 2.45) is 0 Å². The number of rotatable bonds is 3. The predicted molar refractivity (Wildman–Crippen MR) is 54.4 cm³/mol. The van der Waals surface area contributed by atoms with Gasteiger partial charge in [0.25, 0.3) is 0 Å². The van der Waals surface area contributed by atoms with E-state index in [1.54, 1.807) is 0 Å². The van der Waals surface area contributed by atoms with Gasteiger partial charge in [0.2, 0.25) is 9.05 Å². The summed E-state index contributed by atoms with van der Waals surface area (Å²) in [5.41, 5.74) is 0.676. The van der Waals surface area contributed by atoms with E-state index in [0.29, 0.717) is 5.57 Å². The molecule has 13 heavy (non-hydrogen) atoms. The van der Waals surface area contributed by atoms with Gasteiger partial charge in [0.15, 0.2) is 0 Å². The SMILES string of the molecule is C=C(CS(=O)(=O)Cl)C1CCCCN1. The maximum atomic E-state index is 10.8. The molecule has 0 aromatic carbocycles. The lowest BCUT2D eigenvalue weighted by Gasteiger charge is -2.24. The van der Waals surface area contributed by atoms with Gasteiger partial charge in [-0.1, -0.05) is 13.0 Å². The van der Waals surface area contributed by atoms with E-state index in [1.165, 1.54) is 0 Å². The van der Waals surface area contributed by atoms with Gasteiger partial charge in [-0.25, -0.2) is 8.42 Å². The summed E-state index contributed by atoms with van der Waals surface area (Å²) < 4.78 is 21.5. The van der Waals surface area contributed by atoms with Crippen LogP contribution in [0.1, 0.15) is 19.3 Å². The zero-order valence-corrected chi connectivity index (χ0v) is 9.00. The van der Waals surface area contributed by atoms with Crippen LogP contribution in [-0.4, -0.2) is 26.8 Å². The van der Waals surface area contributed by atoms with E-state index in [2.05, 4.69) is 11.9 Å². The molecule has 1 atom stereocenters. The summed E-state index contributed by atoms with van der Waals surface area (Å²) in [4.78, 5) is 0. The summed E-state index contributed by atoms with van der Waals surface area (Å²) in [6.45, 7) is 4.67. The second kappa shape index (κ2) is 4.44. The van der Waals surface area contributed by atoms with Gasteiger partial charge >= 0.3 is 0 Å². The molecule has 0 spiro atoms. The van der Waals surface area contributed by atoms with Crippen molar-refractivity contribution in [2.45, 2.75) is 25.3 Å². The van der Waals surface area contributed by atoms with Crippen LogP contribution in [0.3, 0.4) is 0 Å². The minimum atomic E-state index is -3.44. The van der Waals surface area contributed by atoms with Crippen molar-refractivity contribution in [1.82, 2.24) is 5.32 Å². The van der Waals surface area contributed by atoms with Crippen LogP contribution >= 0.6 is 10.7 Å². The Morgan fingerprint density at radius 2 is 2.23 bits per heavy atom. The van der Waals surface area contributed by atoms with Gasteiger partial charge in [-0.15, -0.1) is 0 Å². The molecule has 0 aliphatic carbocycles. The van der Waals surface area contributed by atoms with Crippen LogP contribution in [0.2, 0.25) is 0 Å². The first kappa shape index (κ1) is 11.0. The maximum absolute atomic E-state index is 10.8. The summed E-state index contributed by atoms with van der Waals surface area (Å²) in [7, 11) is 1.69. The van der Waals surface area contributed by atoms with Gasteiger partial charge in [-0.2, -0.15) is 0 Å². The van der Waals surface area contributed by atoms with E-state index in [-0.39, 0.29) is 11.8 Å². The average Bonchev–Trinajstić information content (AvgIpc) is 2.03. The van der Waals surface area contributed by atoms with Crippen molar-refractivity contribution >= 4 is 19.7 Å². The van der Waals surface area contributed by atoms with E-state index in [4.69, 9.17) is 10.7 Å². The van der Waals surface area contributed by atoms with Gasteiger partial charge in [0, 0.05) is 16.7 Å². The molecule has 0 amide bonds. The molecule has 5 heteroatoms. The second-order valence-corrected chi connectivity index (χ2v) is 6.12. The van der Waals surface area contributed by atoms with Crippen molar-refractivity contribution < 1.29 is 8.42 Å². The molecule has 0 bridgehead atoms. The Balaban J connectivity index is 2.47. The highest BCUT2D eigenvalue weighted by Gasteiger charge is 2.19. The highest BCUT2D eigenvalue weighted by Crippen LogP contribution is 2.16. The zero-order chi connectivity index (χ0) is 9.90. The van der Waals surface area contributed by atoms with Crippen molar-refractivity contribution in [2.75, 3.05) is 12.3 Å². The highest BCUT2D eigenvalue weighted by molar-refractivity contribution is 8.13. The molecule has 0 aromatic rings. The third-order valence-corrected chi connectivity index (χ3v) is 3.20. The molecule has 1 rings (SSSR count). The van der Waals surface area contributed by atoms with Crippen LogP contribution in [-0.2, 0) is 9.05 Å². The van der Waals surface area contributed by atoms with Crippen molar-refractivity contribution in [3.8, 4) is 0 Å². The molecule has 3 nitrogen and oxygen atoms in total. The summed E-state index contributed by atoms with van der Waals surface area (Å²) >= 11 is 0. The molecule has 1 heterocycles. The summed E-state index contributed by atoms with van der Waals surface area (Å²) in [6, 6.07) is 0.127. The van der Waals surface area contributed by atoms with E-state index in [9.17, 15) is 8.42 Å². The molecule has 1 aliphatic heterocycles. The highest BCUT2D eigenvalue weighted by atomic mass is 35.7. The van der Waals surface area contributed by atoms with E-state index in [0.717, 1.165) is 25.8 Å². The lowest BCUT2D eigenvalue weighted by Crippen LogP contribution is -2.36. The number of halogens is 1. The number of piperidine rings is 1. The lowest BCUT2D eigenvalue weighted by molar-refractivity contribution is 0.440. The first-order valence-corrected chi connectivity index (χ1v) is 6.80. The number of nitrogens with one attached hydrogen (secondary N) is 1. The summed E-state index contributed by atoms with van der Waals surface area (Å²) in [5.74, 6) is -0.119. The Kier molecular flexibility index (Phi) is 3.76. The Morgan fingerprint density at radius 1 is 1.54 bits per heavy atom. The molecule has 0 radical (unpaired) electrons. The molecule has 1 saturated heterocycles. The first-order chi connectivity index (χ1) is 5.99. The Bertz CT molecular complexity index is 281. The molecule has 1 unspecified atom stereocenters. The van der Waals surface area contributed by atoms with E-state index >= 15 is 0 Å². The van der Waals surface area contributed by atoms with Gasteiger partial charge < -0.3 is 5.32 Å². The van der Waals surface area contributed by atoms with Crippen LogP contribution in [0.4, 0.5) is 0 Å². The van der Waals surface area contributed by atoms with Crippen molar-refractivity contribution in [3.05, 3.63) is 12.2 Å². The molecule has 1 fully saturated rings. The van der Waals surface area contributed by atoms with Crippen molar-refractivity contribution in [3.63, 3.8) is 0 Å². The van der Waals surface area contributed by atoms with Gasteiger partial charge in [-0.05, 0) is 25.0 Å². The van der Waals surface area contributed by atoms with Gasteiger partial charge in [-0.3, -0.25) is 0 Å². The average molecular weight is 224 g/mol.